The number of rotatable bonds is 7. The topological polar surface area (TPSA) is 61.8 Å². The summed E-state index contributed by atoms with van der Waals surface area (Å²) < 4.78 is 5.10. The molecule has 0 bridgehead atoms. The third-order valence-electron chi connectivity index (χ3n) is 4.05. The Kier molecular flexibility index (Phi) is 6.68. The lowest BCUT2D eigenvalue weighted by molar-refractivity contribution is -0.120. The minimum Gasteiger partial charge on any atom is -0.497 e. The number of methoxy groups -OCH3 is 1. The molecule has 0 radical (unpaired) electrons. The van der Waals surface area contributed by atoms with Gasteiger partial charge >= 0.3 is 0 Å². The number of likely N-dealkylation sites (tertiary alicyclic amines) is 1. The van der Waals surface area contributed by atoms with Crippen LogP contribution < -0.4 is 10.1 Å². The van der Waals surface area contributed by atoms with Crippen molar-refractivity contribution in [1.82, 2.24) is 10.2 Å². The van der Waals surface area contributed by atoms with Crippen molar-refractivity contribution in [2.75, 3.05) is 33.3 Å². The molecule has 1 aliphatic heterocycles. The Hall–Kier alpha value is -1.59. The van der Waals surface area contributed by atoms with E-state index in [4.69, 9.17) is 4.74 Å². The van der Waals surface area contributed by atoms with Gasteiger partial charge in [-0.25, -0.2) is 0 Å². The molecule has 5 heteroatoms. The van der Waals surface area contributed by atoms with Gasteiger partial charge in [0, 0.05) is 19.6 Å². The van der Waals surface area contributed by atoms with Crippen LogP contribution in [0, 0.1) is 0 Å². The largest absolute Gasteiger partial charge is 0.497 e. The van der Waals surface area contributed by atoms with Crippen molar-refractivity contribution in [3.8, 4) is 5.75 Å². The van der Waals surface area contributed by atoms with Crippen LogP contribution >= 0.6 is 0 Å². The molecule has 1 aromatic rings. The summed E-state index contributed by atoms with van der Waals surface area (Å²) >= 11 is 0. The van der Waals surface area contributed by atoms with Crippen molar-refractivity contribution in [3.05, 3.63) is 29.8 Å². The third kappa shape index (κ3) is 5.66. The maximum Gasteiger partial charge on any atom is 0.224 e. The lowest BCUT2D eigenvalue weighted by atomic mass is 10.1. The summed E-state index contributed by atoms with van der Waals surface area (Å²) in [7, 11) is 1.63. The highest BCUT2D eigenvalue weighted by molar-refractivity contribution is 5.78. The summed E-state index contributed by atoms with van der Waals surface area (Å²) in [4.78, 5) is 14.2. The summed E-state index contributed by atoms with van der Waals surface area (Å²) in [6.07, 6.45) is 2.96. The number of hydrogen-bond donors (Lipinski definition) is 2. The summed E-state index contributed by atoms with van der Waals surface area (Å²) in [6.45, 7) is 3.60. The van der Waals surface area contributed by atoms with Gasteiger partial charge in [0.1, 0.15) is 5.75 Å². The van der Waals surface area contributed by atoms with Crippen LogP contribution in [0.4, 0.5) is 0 Å². The molecule has 1 heterocycles. The monoisotopic (exact) mass is 306 g/mol. The highest BCUT2D eigenvalue weighted by Crippen LogP contribution is 2.12. The van der Waals surface area contributed by atoms with E-state index in [-0.39, 0.29) is 12.0 Å². The first kappa shape index (κ1) is 16.8. The molecule has 2 N–H and O–H groups in total. The fourth-order valence-corrected chi connectivity index (χ4v) is 2.66. The van der Waals surface area contributed by atoms with Crippen LogP contribution in [0.25, 0.3) is 0 Å². The number of benzene rings is 1. The average Bonchev–Trinajstić information content (AvgIpc) is 2.54. The van der Waals surface area contributed by atoms with Crippen molar-refractivity contribution in [3.63, 3.8) is 0 Å². The van der Waals surface area contributed by atoms with Gasteiger partial charge < -0.3 is 20.1 Å². The Morgan fingerprint density at radius 1 is 1.32 bits per heavy atom. The van der Waals surface area contributed by atoms with Crippen LogP contribution in [0.3, 0.4) is 0 Å². The van der Waals surface area contributed by atoms with Crippen LogP contribution in [0.15, 0.2) is 24.3 Å². The number of carbonyl (C=O) groups excluding carboxylic acids is 1. The lowest BCUT2D eigenvalue weighted by Gasteiger charge is -2.29. The third-order valence-corrected chi connectivity index (χ3v) is 4.05. The molecule has 1 aromatic carbocycles. The highest BCUT2D eigenvalue weighted by atomic mass is 16.5. The number of aliphatic hydroxyl groups excluding tert-OH is 1. The van der Waals surface area contributed by atoms with Crippen LogP contribution in [0.2, 0.25) is 0 Å². The Balaban J connectivity index is 1.59. The molecule has 0 saturated carbocycles. The van der Waals surface area contributed by atoms with Gasteiger partial charge in [-0.1, -0.05) is 12.1 Å². The molecule has 122 valence electrons. The SMILES string of the molecule is COc1ccc(CC(=O)NCCCN2CCC(O)CC2)cc1. The number of ether oxygens (including phenoxy) is 1. The van der Waals surface area contributed by atoms with Crippen molar-refractivity contribution in [2.24, 2.45) is 0 Å². The molecule has 1 aliphatic rings. The standard InChI is InChI=1S/C17H26N2O3/c1-22-16-5-3-14(4-6-16)13-17(21)18-9-2-10-19-11-7-15(20)8-12-19/h3-6,15,20H,2,7-13H2,1H3,(H,18,21). The number of carbonyl (C=O) groups is 1. The molecular formula is C17H26N2O3. The van der Waals surface area contributed by atoms with E-state index in [1.807, 2.05) is 24.3 Å². The molecule has 22 heavy (non-hydrogen) atoms. The minimum atomic E-state index is -0.125. The van der Waals surface area contributed by atoms with Crippen LogP contribution in [-0.4, -0.2) is 55.3 Å². The highest BCUT2D eigenvalue weighted by Gasteiger charge is 2.16. The Labute approximate surface area is 132 Å². The molecule has 0 unspecified atom stereocenters. The van der Waals surface area contributed by atoms with E-state index in [0.717, 1.165) is 50.2 Å². The summed E-state index contributed by atoms with van der Waals surface area (Å²) in [6, 6.07) is 7.57. The van der Waals surface area contributed by atoms with Gasteiger partial charge in [0.2, 0.25) is 5.91 Å². The molecular weight excluding hydrogens is 280 g/mol. The van der Waals surface area contributed by atoms with Gasteiger partial charge in [-0.05, 0) is 43.5 Å². The first-order valence-electron chi connectivity index (χ1n) is 7.97. The second-order valence-corrected chi connectivity index (χ2v) is 5.80. The zero-order chi connectivity index (χ0) is 15.8. The Morgan fingerprint density at radius 2 is 2.00 bits per heavy atom. The summed E-state index contributed by atoms with van der Waals surface area (Å²) in [5.74, 6) is 0.857. The van der Waals surface area contributed by atoms with Gasteiger partial charge in [-0.3, -0.25) is 4.79 Å². The molecule has 1 saturated heterocycles. The van der Waals surface area contributed by atoms with E-state index >= 15 is 0 Å². The van der Waals surface area contributed by atoms with Crippen molar-refractivity contribution < 1.29 is 14.6 Å². The molecule has 0 aliphatic carbocycles. The number of piperidine rings is 1. The fourth-order valence-electron chi connectivity index (χ4n) is 2.66. The van der Waals surface area contributed by atoms with E-state index in [1.165, 1.54) is 0 Å². The van der Waals surface area contributed by atoms with Crippen molar-refractivity contribution >= 4 is 5.91 Å². The second kappa shape index (κ2) is 8.76. The van der Waals surface area contributed by atoms with Crippen LogP contribution in [-0.2, 0) is 11.2 Å². The van der Waals surface area contributed by atoms with E-state index in [9.17, 15) is 9.90 Å². The minimum absolute atomic E-state index is 0.0548. The van der Waals surface area contributed by atoms with Gasteiger partial charge in [0.05, 0.1) is 19.6 Å². The van der Waals surface area contributed by atoms with E-state index < -0.39 is 0 Å². The van der Waals surface area contributed by atoms with E-state index in [1.54, 1.807) is 7.11 Å². The van der Waals surface area contributed by atoms with Gasteiger partial charge in [-0.2, -0.15) is 0 Å². The summed E-state index contributed by atoms with van der Waals surface area (Å²) in [5, 5.41) is 12.4. The molecule has 5 nitrogen and oxygen atoms in total. The van der Waals surface area contributed by atoms with E-state index in [2.05, 4.69) is 10.2 Å². The maximum absolute atomic E-state index is 11.9. The van der Waals surface area contributed by atoms with Gasteiger partial charge in [0.25, 0.3) is 0 Å². The Morgan fingerprint density at radius 3 is 2.64 bits per heavy atom. The maximum atomic E-state index is 11.9. The second-order valence-electron chi connectivity index (χ2n) is 5.80. The van der Waals surface area contributed by atoms with Crippen molar-refractivity contribution in [2.45, 2.75) is 31.8 Å². The van der Waals surface area contributed by atoms with Crippen molar-refractivity contribution in [1.29, 1.82) is 0 Å². The molecule has 0 aromatic heterocycles. The average molecular weight is 306 g/mol. The van der Waals surface area contributed by atoms with Crippen LogP contribution in [0.1, 0.15) is 24.8 Å². The molecule has 0 spiro atoms. The zero-order valence-corrected chi connectivity index (χ0v) is 13.3. The zero-order valence-electron chi connectivity index (χ0n) is 13.3. The predicted octanol–water partition coefficient (Wildman–Crippen LogP) is 1.20. The molecule has 2 rings (SSSR count). The smallest absolute Gasteiger partial charge is 0.224 e. The molecule has 1 fully saturated rings. The number of nitrogens with zero attached hydrogens (tertiary/aromatic N) is 1. The fraction of sp³-hybridized carbons (Fsp3) is 0.588. The quantitative estimate of drug-likeness (QED) is 0.743. The van der Waals surface area contributed by atoms with E-state index in [0.29, 0.717) is 13.0 Å². The molecule has 1 amide bonds. The van der Waals surface area contributed by atoms with Gasteiger partial charge in [0.15, 0.2) is 0 Å². The first-order valence-corrected chi connectivity index (χ1v) is 7.97. The van der Waals surface area contributed by atoms with Crippen LogP contribution in [0.5, 0.6) is 5.75 Å². The number of hydrogen-bond acceptors (Lipinski definition) is 4. The normalized spacial score (nSPS) is 16.5. The number of nitrogens with one attached hydrogen (secondary N) is 1. The number of aliphatic hydroxyl groups is 1. The Bertz CT molecular complexity index is 453. The first-order chi connectivity index (χ1) is 10.7. The lowest BCUT2D eigenvalue weighted by Crippen LogP contribution is -2.37. The van der Waals surface area contributed by atoms with Gasteiger partial charge in [-0.15, -0.1) is 0 Å². The number of amides is 1. The molecule has 0 atom stereocenters. The predicted molar refractivity (Wildman–Crippen MR) is 86.0 cm³/mol. The summed E-state index contributed by atoms with van der Waals surface area (Å²) in [5.41, 5.74) is 0.989.